The van der Waals surface area contributed by atoms with Crippen LogP contribution in [-0.2, 0) is 16.1 Å². The smallest absolute Gasteiger partial charge is 0.202 e. The predicted octanol–water partition coefficient (Wildman–Crippen LogP) is 2.72. The third-order valence-electron chi connectivity index (χ3n) is 2.44. The second-order valence-electron chi connectivity index (χ2n) is 3.54. The topological polar surface area (TPSA) is 26.3 Å². The van der Waals surface area contributed by atoms with Gasteiger partial charge in [-0.05, 0) is 5.56 Å². The zero-order chi connectivity index (χ0) is 10.9. The van der Waals surface area contributed by atoms with E-state index in [9.17, 15) is 4.79 Å². The van der Waals surface area contributed by atoms with E-state index in [2.05, 4.69) is 0 Å². The molecule has 1 fully saturated rings. The van der Waals surface area contributed by atoms with E-state index in [0.717, 1.165) is 5.56 Å². The van der Waals surface area contributed by atoms with Gasteiger partial charge in [-0.2, -0.15) is 0 Å². The Morgan fingerprint density at radius 1 is 1.33 bits per heavy atom. The number of hydrogen-bond acceptors (Lipinski definition) is 2. The molecule has 2 nitrogen and oxygen atoms in total. The van der Waals surface area contributed by atoms with Crippen molar-refractivity contribution in [3.8, 4) is 0 Å². The average Bonchev–Trinajstić information content (AvgIpc) is 2.25. The van der Waals surface area contributed by atoms with Gasteiger partial charge in [0.1, 0.15) is 6.10 Å². The van der Waals surface area contributed by atoms with E-state index in [1.165, 1.54) is 0 Å². The van der Waals surface area contributed by atoms with Crippen LogP contribution < -0.4 is 0 Å². The zero-order valence-corrected chi connectivity index (χ0v) is 9.46. The van der Waals surface area contributed by atoms with Crippen molar-refractivity contribution in [1.29, 1.82) is 0 Å². The van der Waals surface area contributed by atoms with Crippen LogP contribution in [0.2, 0.25) is 0 Å². The maximum absolute atomic E-state index is 11.0. The van der Waals surface area contributed by atoms with Crippen molar-refractivity contribution in [3.63, 3.8) is 0 Å². The normalized spacial score (nSPS) is 23.6. The van der Waals surface area contributed by atoms with E-state index in [4.69, 9.17) is 27.9 Å². The molecular weight excluding hydrogens is 235 g/mol. The number of hydrogen-bond donors (Lipinski definition) is 0. The number of Topliss-reactive ketones (excluding diaryl/α,β-unsaturated/α-hetero) is 1. The lowest BCUT2D eigenvalue weighted by atomic mass is 9.92. The van der Waals surface area contributed by atoms with Gasteiger partial charge in [-0.3, -0.25) is 4.79 Å². The molecule has 1 unspecified atom stereocenters. The van der Waals surface area contributed by atoms with Crippen molar-refractivity contribution in [1.82, 2.24) is 0 Å². The van der Waals surface area contributed by atoms with Gasteiger partial charge in [0.2, 0.25) is 4.33 Å². The molecule has 0 amide bonds. The molecule has 0 aliphatic heterocycles. The molecule has 4 heteroatoms. The van der Waals surface area contributed by atoms with Gasteiger partial charge in [0.15, 0.2) is 5.78 Å². The summed E-state index contributed by atoms with van der Waals surface area (Å²) in [6.45, 7) is 0.431. The molecule has 1 aliphatic carbocycles. The molecule has 15 heavy (non-hydrogen) atoms. The number of alkyl halides is 2. The van der Waals surface area contributed by atoms with Crippen LogP contribution in [0.25, 0.3) is 0 Å². The molecule has 1 atom stereocenters. The first-order chi connectivity index (χ1) is 7.10. The molecule has 1 saturated carbocycles. The fourth-order valence-corrected chi connectivity index (χ4v) is 1.85. The third-order valence-corrected chi connectivity index (χ3v) is 3.35. The largest absolute Gasteiger partial charge is 0.369 e. The molecule has 1 aromatic rings. The summed E-state index contributed by atoms with van der Waals surface area (Å²) in [4.78, 5) is 11.0. The Hall–Kier alpha value is -0.570. The lowest BCUT2D eigenvalue weighted by molar-refractivity contribution is -0.137. The summed E-state index contributed by atoms with van der Waals surface area (Å²) in [6.07, 6.45) is -0.0756. The molecule has 0 N–H and O–H groups in total. The molecular formula is C11H10Cl2O2. The van der Waals surface area contributed by atoms with Crippen molar-refractivity contribution in [3.05, 3.63) is 35.9 Å². The Bertz CT molecular complexity index is 362. The van der Waals surface area contributed by atoms with Gasteiger partial charge >= 0.3 is 0 Å². The number of benzene rings is 1. The molecule has 0 spiro atoms. The minimum absolute atomic E-state index is 0.163. The highest BCUT2D eigenvalue weighted by Gasteiger charge is 2.53. The second-order valence-corrected chi connectivity index (χ2v) is 4.92. The summed E-state index contributed by atoms with van der Waals surface area (Å²) in [7, 11) is 0. The summed E-state index contributed by atoms with van der Waals surface area (Å²) >= 11 is 11.6. The van der Waals surface area contributed by atoms with Gasteiger partial charge in [0.25, 0.3) is 0 Å². The second kappa shape index (κ2) is 4.12. The van der Waals surface area contributed by atoms with Crippen molar-refractivity contribution in [2.45, 2.75) is 23.5 Å². The van der Waals surface area contributed by atoms with Crippen molar-refractivity contribution < 1.29 is 9.53 Å². The van der Waals surface area contributed by atoms with Crippen LogP contribution in [0.15, 0.2) is 30.3 Å². The van der Waals surface area contributed by atoms with Crippen molar-refractivity contribution in [2.75, 3.05) is 0 Å². The van der Waals surface area contributed by atoms with Gasteiger partial charge in [0, 0.05) is 6.42 Å². The Morgan fingerprint density at radius 3 is 2.53 bits per heavy atom. The van der Waals surface area contributed by atoms with Crippen molar-refractivity contribution in [2.24, 2.45) is 0 Å². The molecule has 0 aromatic heterocycles. The molecule has 1 aliphatic rings. The minimum atomic E-state index is -1.34. The lowest BCUT2D eigenvalue weighted by Crippen LogP contribution is -2.53. The zero-order valence-electron chi connectivity index (χ0n) is 7.95. The van der Waals surface area contributed by atoms with Gasteiger partial charge in [-0.1, -0.05) is 53.5 Å². The van der Waals surface area contributed by atoms with Crippen LogP contribution in [0.3, 0.4) is 0 Å². The SMILES string of the molecule is O=C1CC(OCc2ccccc2)C1(Cl)Cl. The minimum Gasteiger partial charge on any atom is -0.369 e. The fraction of sp³-hybridized carbons (Fsp3) is 0.364. The summed E-state index contributed by atoms with van der Waals surface area (Å²) in [6, 6.07) is 9.69. The maximum atomic E-state index is 11.0. The molecule has 2 rings (SSSR count). The number of ketones is 1. The molecule has 1 aromatic carbocycles. The van der Waals surface area contributed by atoms with E-state index in [-0.39, 0.29) is 11.9 Å². The molecule has 80 valence electrons. The standard InChI is InChI=1S/C11H10Cl2O2/c12-11(13)9(14)6-10(11)15-7-8-4-2-1-3-5-8/h1-5,10H,6-7H2. The van der Waals surface area contributed by atoms with Gasteiger partial charge < -0.3 is 4.74 Å². The number of rotatable bonds is 3. The summed E-state index contributed by atoms with van der Waals surface area (Å²) in [5.74, 6) is -0.163. The van der Waals surface area contributed by atoms with Crippen LogP contribution >= 0.6 is 23.2 Å². The van der Waals surface area contributed by atoms with Crippen LogP contribution in [0.1, 0.15) is 12.0 Å². The Kier molecular flexibility index (Phi) is 3.01. The Labute approximate surface area is 98.1 Å². The maximum Gasteiger partial charge on any atom is 0.202 e. The van der Waals surface area contributed by atoms with E-state index in [1.807, 2.05) is 30.3 Å². The first-order valence-corrected chi connectivity index (χ1v) is 5.43. The number of ether oxygens (including phenoxy) is 1. The Morgan fingerprint density at radius 2 is 2.00 bits per heavy atom. The van der Waals surface area contributed by atoms with Gasteiger partial charge in [-0.15, -0.1) is 0 Å². The summed E-state index contributed by atoms with van der Waals surface area (Å²) in [5, 5.41) is 0. The highest BCUT2D eigenvalue weighted by atomic mass is 35.5. The van der Waals surface area contributed by atoms with E-state index < -0.39 is 4.33 Å². The highest BCUT2D eigenvalue weighted by Crippen LogP contribution is 2.41. The Balaban J connectivity index is 1.88. The fourth-order valence-electron chi connectivity index (χ4n) is 1.42. The van der Waals surface area contributed by atoms with Crippen LogP contribution in [-0.4, -0.2) is 16.2 Å². The van der Waals surface area contributed by atoms with Crippen molar-refractivity contribution >= 4 is 29.0 Å². The third kappa shape index (κ3) is 2.17. The van der Waals surface area contributed by atoms with E-state index in [1.54, 1.807) is 0 Å². The van der Waals surface area contributed by atoms with E-state index >= 15 is 0 Å². The monoisotopic (exact) mass is 244 g/mol. The number of carbonyl (C=O) groups excluding carboxylic acids is 1. The molecule has 0 heterocycles. The molecule has 0 saturated heterocycles. The van der Waals surface area contributed by atoms with E-state index in [0.29, 0.717) is 13.0 Å². The summed E-state index contributed by atoms with van der Waals surface area (Å²) in [5.41, 5.74) is 1.04. The van der Waals surface area contributed by atoms with Gasteiger partial charge in [0.05, 0.1) is 6.61 Å². The number of carbonyl (C=O) groups is 1. The van der Waals surface area contributed by atoms with Crippen LogP contribution in [0.5, 0.6) is 0 Å². The highest BCUT2D eigenvalue weighted by molar-refractivity contribution is 6.61. The first kappa shape index (κ1) is 10.9. The number of halogens is 2. The summed E-state index contributed by atoms with van der Waals surface area (Å²) < 4.78 is 4.13. The van der Waals surface area contributed by atoms with Crippen LogP contribution in [0.4, 0.5) is 0 Å². The van der Waals surface area contributed by atoms with Gasteiger partial charge in [-0.25, -0.2) is 0 Å². The first-order valence-electron chi connectivity index (χ1n) is 4.67. The molecule has 0 bridgehead atoms. The molecule has 0 radical (unpaired) electrons. The predicted molar refractivity (Wildman–Crippen MR) is 59.1 cm³/mol. The van der Waals surface area contributed by atoms with Crippen LogP contribution in [0, 0.1) is 0 Å². The quantitative estimate of drug-likeness (QED) is 0.765. The lowest BCUT2D eigenvalue weighted by Gasteiger charge is -2.37. The average molecular weight is 245 g/mol.